The third kappa shape index (κ3) is 3.71. The summed E-state index contributed by atoms with van der Waals surface area (Å²) >= 11 is 0. The highest BCUT2D eigenvalue weighted by Crippen LogP contribution is 2.36. The molecule has 5 heteroatoms. The molecule has 0 N–H and O–H groups in total. The van der Waals surface area contributed by atoms with Crippen LogP contribution in [0.2, 0.25) is 0 Å². The van der Waals surface area contributed by atoms with E-state index in [0.29, 0.717) is 17.8 Å². The van der Waals surface area contributed by atoms with Crippen molar-refractivity contribution in [1.29, 1.82) is 0 Å². The minimum Gasteiger partial charge on any atom is -0.252 e. The largest absolute Gasteiger partial charge is 0.399 e. The number of hydrogen-bond donors (Lipinski definition) is 0. The highest BCUT2D eigenvalue weighted by molar-refractivity contribution is 7.81. The summed E-state index contributed by atoms with van der Waals surface area (Å²) in [5.41, 5.74) is 0. The van der Waals surface area contributed by atoms with Gasteiger partial charge in [0, 0.05) is 0 Å². The lowest BCUT2D eigenvalue weighted by molar-refractivity contribution is 0.0394. The molecule has 0 heterocycles. The Labute approximate surface area is 98.7 Å². The monoisotopic (exact) mass is 250 g/mol. The van der Waals surface area contributed by atoms with Crippen LogP contribution in [0.15, 0.2) is 0 Å². The molecule has 0 aromatic heterocycles. The van der Waals surface area contributed by atoms with E-state index < -0.39 is 10.4 Å². The third-order valence-electron chi connectivity index (χ3n) is 3.41. The topological polar surface area (TPSA) is 52.6 Å². The van der Waals surface area contributed by atoms with Crippen molar-refractivity contribution in [1.82, 2.24) is 0 Å². The second-order valence-electron chi connectivity index (χ2n) is 5.04. The van der Waals surface area contributed by atoms with Crippen molar-refractivity contribution in [3.05, 3.63) is 0 Å². The van der Waals surface area contributed by atoms with Gasteiger partial charge in [0.2, 0.25) is 0 Å². The maximum atomic E-state index is 11.3. The lowest BCUT2D eigenvalue weighted by Gasteiger charge is -2.36. The number of rotatable bonds is 4. The number of hydrogen-bond acceptors (Lipinski definition) is 4. The Morgan fingerprint density at radius 3 is 2.38 bits per heavy atom. The molecule has 16 heavy (non-hydrogen) atoms. The van der Waals surface area contributed by atoms with E-state index in [0.717, 1.165) is 26.4 Å². The van der Waals surface area contributed by atoms with Crippen molar-refractivity contribution in [2.45, 2.75) is 46.1 Å². The van der Waals surface area contributed by atoms with Crippen LogP contribution in [0.1, 0.15) is 40.0 Å². The lowest BCUT2D eigenvalue weighted by atomic mass is 9.75. The Morgan fingerprint density at radius 2 is 1.88 bits per heavy atom. The van der Waals surface area contributed by atoms with Gasteiger partial charge in [0.1, 0.15) is 0 Å². The summed E-state index contributed by atoms with van der Waals surface area (Å²) in [4.78, 5) is 0. The van der Waals surface area contributed by atoms with Gasteiger partial charge in [-0.15, -0.1) is 0 Å². The van der Waals surface area contributed by atoms with Crippen LogP contribution in [0.3, 0.4) is 0 Å². The second kappa shape index (κ2) is 5.47. The molecule has 0 aliphatic heterocycles. The fraction of sp³-hybridized carbons (Fsp3) is 1.00. The van der Waals surface area contributed by atoms with E-state index in [1.54, 1.807) is 0 Å². The van der Waals surface area contributed by atoms with Gasteiger partial charge < -0.3 is 0 Å². The van der Waals surface area contributed by atoms with Crippen LogP contribution in [0, 0.1) is 17.8 Å². The smallest absolute Gasteiger partial charge is 0.252 e. The Balaban J connectivity index is 2.72. The first kappa shape index (κ1) is 13.9. The SMILES string of the molecule is COS(=O)(=O)OC1CC(C)CCC1C(C)C. The predicted octanol–water partition coefficient (Wildman–Crippen LogP) is 2.36. The summed E-state index contributed by atoms with van der Waals surface area (Å²) < 4.78 is 32.1. The van der Waals surface area contributed by atoms with Crippen LogP contribution in [0.25, 0.3) is 0 Å². The quantitative estimate of drug-likeness (QED) is 0.768. The molecule has 3 unspecified atom stereocenters. The normalized spacial score (nSPS) is 31.9. The zero-order chi connectivity index (χ0) is 12.3. The molecule has 0 aromatic rings. The molecular formula is C11H22O4S. The fourth-order valence-corrected chi connectivity index (χ4v) is 3.02. The average molecular weight is 250 g/mol. The molecule has 1 aliphatic rings. The molecule has 1 aliphatic carbocycles. The van der Waals surface area contributed by atoms with Crippen molar-refractivity contribution in [3.8, 4) is 0 Å². The van der Waals surface area contributed by atoms with Crippen LogP contribution in [-0.2, 0) is 18.8 Å². The van der Waals surface area contributed by atoms with Crippen molar-refractivity contribution in [3.63, 3.8) is 0 Å². The van der Waals surface area contributed by atoms with Crippen molar-refractivity contribution in [2.24, 2.45) is 17.8 Å². The average Bonchev–Trinajstić information content (AvgIpc) is 2.16. The van der Waals surface area contributed by atoms with Gasteiger partial charge in [-0.05, 0) is 30.6 Å². The Morgan fingerprint density at radius 1 is 1.25 bits per heavy atom. The third-order valence-corrected chi connectivity index (χ3v) is 4.30. The summed E-state index contributed by atoms with van der Waals surface area (Å²) in [6.45, 7) is 6.35. The summed E-state index contributed by atoms with van der Waals surface area (Å²) in [6.07, 6.45) is 2.75. The zero-order valence-corrected chi connectivity index (χ0v) is 11.3. The molecule has 0 radical (unpaired) electrons. The highest BCUT2D eigenvalue weighted by Gasteiger charge is 2.34. The molecule has 96 valence electrons. The molecule has 1 rings (SSSR count). The summed E-state index contributed by atoms with van der Waals surface area (Å²) in [7, 11) is -2.68. The zero-order valence-electron chi connectivity index (χ0n) is 10.5. The van der Waals surface area contributed by atoms with Gasteiger partial charge in [-0.3, -0.25) is 4.18 Å². The summed E-state index contributed by atoms with van der Waals surface area (Å²) in [5, 5.41) is 0. The van der Waals surface area contributed by atoms with Crippen molar-refractivity contribution >= 4 is 10.4 Å². The molecule has 0 aromatic carbocycles. The van der Waals surface area contributed by atoms with Gasteiger partial charge in [0.15, 0.2) is 0 Å². The molecule has 0 saturated heterocycles. The Bertz CT molecular complexity index is 310. The minimum absolute atomic E-state index is 0.228. The molecule has 1 saturated carbocycles. The van der Waals surface area contributed by atoms with Crippen LogP contribution >= 0.6 is 0 Å². The first-order valence-corrected chi connectivity index (χ1v) is 7.18. The van der Waals surface area contributed by atoms with E-state index in [2.05, 4.69) is 25.0 Å². The maximum Gasteiger partial charge on any atom is 0.399 e. The Kier molecular flexibility index (Phi) is 4.76. The second-order valence-corrected chi connectivity index (χ2v) is 6.38. The van der Waals surface area contributed by atoms with E-state index in [1.807, 2.05) is 0 Å². The van der Waals surface area contributed by atoms with Gasteiger partial charge in [-0.25, -0.2) is 4.18 Å². The molecule has 0 spiro atoms. The van der Waals surface area contributed by atoms with Gasteiger partial charge >= 0.3 is 10.4 Å². The van der Waals surface area contributed by atoms with E-state index in [1.165, 1.54) is 0 Å². The van der Waals surface area contributed by atoms with Crippen LogP contribution in [0.5, 0.6) is 0 Å². The molecule has 3 atom stereocenters. The van der Waals surface area contributed by atoms with Crippen LogP contribution in [-0.4, -0.2) is 21.6 Å². The molecule has 1 fully saturated rings. The van der Waals surface area contributed by atoms with E-state index in [4.69, 9.17) is 4.18 Å². The van der Waals surface area contributed by atoms with Gasteiger partial charge in [-0.1, -0.05) is 27.2 Å². The lowest BCUT2D eigenvalue weighted by Crippen LogP contribution is -2.36. The van der Waals surface area contributed by atoms with E-state index >= 15 is 0 Å². The van der Waals surface area contributed by atoms with Crippen LogP contribution < -0.4 is 0 Å². The molecule has 0 amide bonds. The maximum absolute atomic E-state index is 11.3. The predicted molar refractivity (Wildman–Crippen MR) is 62.1 cm³/mol. The standard InChI is InChI=1S/C11H22O4S/c1-8(2)10-6-5-9(3)7-11(10)15-16(12,13)14-4/h8-11H,5-7H2,1-4H3. The van der Waals surface area contributed by atoms with Crippen molar-refractivity contribution < 1.29 is 16.8 Å². The molecule has 4 nitrogen and oxygen atoms in total. The molecule has 0 bridgehead atoms. The van der Waals surface area contributed by atoms with Crippen molar-refractivity contribution in [2.75, 3.05) is 7.11 Å². The minimum atomic E-state index is -3.81. The van der Waals surface area contributed by atoms with E-state index in [9.17, 15) is 8.42 Å². The van der Waals surface area contributed by atoms with E-state index in [-0.39, 0.29) is 6.10 Å². The first-order valence-electron chi connectivity index (χ1n) is 5.84. The summed E-state index contributed by atoms with van der Waals surface area (Å²) in [6, 6.07) is 0. The Hall–Kier alpha value is -0.130. The highest BCUT2D eigenvalue weighted by atomic mass is 32.3. The van der Waals surface area contributed by atoms with Gasteiger partial charge in [-0.2, -0.15) is 8.42 Å². The fourth-order valence-electron chi connectivity index (χ4n) is 2.42. The first-order chi connectivity index (χ1) is 7.35. The molecular weight excluding hydrogens is 228 g/mol. The van der Waals surface area contributed by atoms with Crippen LogP contribution in [0.4, 0.5) is 0 Å². The van der Waals surface area contributed by atoms with Gasteiger partial charge in [0.05, 0.1) is 13.2 Å². The summed E-state index contributed by atoms with van der Waals surface area (Å²) in [5.74, 6) is 1.26. The van der Waals surface area contributed by atoms with Gasteiger partial charge in [0.25, 0.3) is 0 Å².